The minimum absolute atomic E-state index is 0.0314. The maximum absolute atomic E-state index is 12.7. The lowest BCUT2D eigenvalue weighted by Gasteiger charge is -2.15. The van der Waals surface area contributed by atoms with Crippen LogP contribution in [0.1, 0.15) is 31.7 Å². The summed E-state index contributed by atoms with van der Waals surface area (Å²) in [5.74, 6) is 1.51. The Balaban J connectivity index is 1.70. The number of thioether (sulfide) groups is 1. The van der Waals surface area contributed by atoms with Gasteiger partial charge in [-0.25, -0.2) is 14.6 Å². The SMILES string of the molecule is CCSc1nc(NCCOC)c2cnn(CCNC(=O)C(CC)c3ccccc3)c2n1. The van der Waals surface area contributed by atoms with E-state index in [1.807, 2.05) is 41.9 Å². The Bertz CT molecular complexity index is 979. The lowest BCUT2D eigenvalue weighted by atomic mass is 9.96. The topological polar surface area (TPSA) is 94.0 Å². The standard InChI is InChI=1S/C22H30N6O2S/c1-4-17(16-9-7-6-8-10-16)21(29)24-11-13-28-20-18(15-25-28)19(23-12-14-30-3)26-22(27-20)31-5-2/h6-10,15,17H,4-5,11-14H2,1-3H3,(H,24,29)(H,23,26,27). The van der Waals surface area contributed by atoms with Gasteiger partial charge in [0.15, 0.2) is 10.8 Å². The van der Waals surface area contributed by atoms with Crippen molar-refractivity contribution in [3.63, 3.8) is 0 Å². The van der Waals surface area contributed by atoms with Gasteiger partial charge in [0.1, 0.15) is 5.82 Å². The van der Waals surface area contributed by atoms with Crippen molar-refractivity contribution in [1.29, 1.82) is 0 Å². The summed E-state index contributed by atoms with van der Waals surface area (Å²) in [5.41, 5.74) is 1.79. The molecule has 2 heterocycles. The summed E-state index contributed by atoms with van der Waals surface area (Å²) in [6.45, 7) is 6.34. The van der Waals surface area contributed by atoms with Crippen molar-refractivity contribution < 1.29 is 9.53 Å². The first-order chi connectivity index (χ1) is 15.2. The maximum Gasteiger partial charge on any atom is 0.227 e. The fraction of sp³-hybridized carbons (Fsp3) is 0.455. The first-order valence-electron chi connectivity index (χ1n) is 10.6. The van der Waals surface area contributed by atoms with Crippen molar-refractivity contribution in [3.05, 3.63) is 42.1 Å². The Morgan fingerprint density at radius 1 is 1.19 bits per heavy atom. The van der Waals surface area contributed by atoms with Crippen LogP contribution in [0.2, 0.25) is 0 Å². The van der Waals surface area contributed by atoms with E-state index in [1.54, 1.807) is 25.1 Å². The molecule has 8 nitrogen and oxygen atoms in total. The molecular weight excluding hydrogens is 412 g/mol. The fourth-order valence-electron chi connectivity index (χ4n) is 3.36. The molecule has 3 aromatic rings. The molecule has 0 saturated heterocycles. The van der Waals surface area contributed by atoms with Crippen molar-refractivity contribution in [2.75, 3.05) is 37.9 Å². The first-order valence-corrected chi connectivity index (χ1v) is 11.6. The van der Waals surface area contributed by atoms with Crippen molar-refractivity contribution in [2.24, 2.45) is 0 Å². The average molecular weight is 443 g/mol. The van der Waals surface area contributed by atoms with Crippen LogP contribution in [0.15, 0.2) is 41.7 Å². The van der Waals surface area contributed by atoms with Crippen LogP contribution in [0.25, 0.3) is 11.0 Å². The molecular formula is C22H30N6O2S. The minimum atomic E-state index is -0.151. The van der Waals surface area contributed by atoms with Gasteiger partial charge in [0, 0.05) is 20.2 Å². The third-order valence-electron chi connectivity index (χ3n) is 4.90. The maximum atomic E-state index is 12.7. The van der Waals surface area contributed by atoms with Crippen molar-refractivity contribution in [3.8, 4) is 0 Å². The lowest BCUT2D eigenvalue weighted by Crippen LogP contribution is -2.32. The largest absolute Gasteiger partial charge is 0.383 e. The number of rotatable bonds is 12. The highest BCUT2D eigenvalue weighted by Crippen LogP contribution is 2.24. The van der Waals surface area contributed by atoms with Gasteiger partial charge in [-0.05, 0) is 17.7 Å². The smallest absolute Gasteiger partial charge is 0.227 e. The van der Waals surface area contributed by atoms with Crippen LogP contribution in [-0.2, 0) is 16.1 Å². The molecule has 0 spiro atoms. The number of amides is 1. The van der Waals surface area contributed by atoms with E-state index in [0.717, 1.165) is 34.6 Å². The molecule has 2 aromatic heterocycles. The predicted molar refractivity (Wildman–Crippen MR) is 125 cm³/mol. The molecule has 3 rings (SSSR count). The summed E-state index contributed by atoms with van der Waals surface area (Å²) < 4.78 is 6.94. The van der Waals surface area contributed by atoms with Gasteiger partial charge in [-0.3, -0.25) is 4.79 Å². The molecule has 1 aromatic carbocycles. The van der Waals surface area contributed by atoms with Crippen molar-refractivity contribution >= 4 is 34.5 Å². The van der Waals surface area contributed by atoms with E-state index in [-0.39, 0.29) is 11.8 Å². The predicted octanol–water partition coefficient (Wildman–Crippen LogP) is 3.31. The second-order valence-electron chi connectivity index (χ2n) is 6.97. The van der Waals surface area contributed by atoms with E-state index >= 15 is 0 Å². The van der Waals surface area contributed by atoms with Gasteiger partial charge in [-0.15, -0.1) is 0 Å². The monoisotopic (exact) mass is 442 g/mol. The van der Waals surface area contributed by atoms with Crippen molar-refractivity contribution in [1.82, 2.24) is 25.1 Å². The summed E-state index contributed by atoms with van der Waals surface area (Å²) in [6.07, 6.45) is 2.52. The molecule has 0 fully saturated rings. The van der Waals surface area contributed by atoms with E-state index in [1.165, 1.54) is 0 Å². The molecule has 0 saturated carbocycles. The van der Waals surface area contributed by atoms with Crippen molar-refractivity contribution in [2.45, 2.75) is 37.9 Å². The van der Waals surface area contributed by atoms with Crippen LogP contribution in [0.4, 0.5) is 5.82 Å². The second kappa shape index (κ2) is 11.7. The number of anilines is 1. The van der Waals surface area contributed by atoms with Crippen LogP contribution in [0.5, 0.6) is 0 Å². The highest BCUT2D eigenvalue weighted by Gasteiger charge is 2.18. The van der Waals surface area contributed by atoms with Crippen LogP contribution in [0.3, 0.4) is 0 Å². The summed E-state index contributed by atoms with van der Waals surface area (Å²) in [6, 6.07) is 9.88. The first kappa shape index (κ1) is 23.0. The third kappa shape index (κ3) is 5.95. The number of methoxy groups -OCH3 is 1. The molecule has 0 aliphatic rings. The molecule has 31 heavy (non-hydrogen) atoms. The molecule has 9 heteroatoms. The molecule has 1 unspecified atom stereocenters. The molecule has 2 N–H and O–H groups in total. The Kier molecular flexibility index (Phi) is 8.66. The Morgan fingerprint density at radius 2 is 2.00 bits per heavy atom. The number of aromatic nitrogens is 4. The fourth-order valence-corrected chi connectivity index (χ4v) is 3.93. The van der Waals surface area contributed by atoms with E-state index in [0.29, 0.717) is 31.4 Å². The third-order valence-corrected chi connectivity index (χ3v) is 5.63. The zero-order chi connectivity index (χ0) is 22.1. The average Bonchev–Trinajstić information content (AvgIpc) is 3.18. The number of hydrogen-bond acceptors (Lipinski definition) is 7. The summed E-state index contributed by atoms with van der Waals surface area (Å²) >= 11 is 1.58. The molecule has 166 valence electrons. The number of ether oxygens (including phenoxy) is 1. The van der Waals surface area contributed by atoms with E-state index in [4.69, 9.17) is 4.74 Å². The van der Waals surface area contributed by atoms with Gasteiger partial charge in [0.2, 0.25) is 5.91 Å². The number of nitrogens with one attached hydrogen (secondary N) is 2. The highest BCUT2D eigenvalue weighted by atomic mass is 32.2. The van der Waals surface area contributed by atoms with Crippen LogP contribution < -0.4 is 10.6 Å². The zero-order valence-electron chi connectivity index (χ0n) is 18.3. The Hall–Kier alpha value is -2.65. The van der Waals surface area contributed by atoms with Gasteiger partial charge < -0.3 is 15.4 Å². The number of fused-ring (bicyclic) bond motifs is 1. The number of carbonyl (C=O) groups is 1. The quantitative estimate of drug-likeness (QED) is 0.252. The second-order valence-corrected chi connectivity index (χ2v) is 8.21. The van der Waals surface area contributed by atoms with E-state index < -0.39 is 0 Å². The van der Waals surface area contributed by atoms with E-state index in [2.05, 4.69) is 32.6 Å². The molecule has 0 aliphatic heterocycles. The van der Waals surface area contributed by atoms with E-state index in [9.17, 15) is 4.79 Å². The van der Waals surface area contributed by atoms with Crippen LogP contribution >= 0.6 is 11.8 Å². The van der Waals surface area contributed by atoms with Crippen LogP contribution in [-0.4, -0.2) is 58.2 Å². The van der Waals surface area contributed by atoms with Gasteiger partial charge in [0.05, 0.1) is 30.7 Å². The molecule has 1 amide bonds. The van der Waals surface area contributed by atoms with Gasteiger partial charge >= 0.3 is 0 Å². The Labute approximate surface area is 187 Å². The highest BCUT2D eigenvalue weighted by molar-refractivity contribution is 7.99. The number of benzene rings is 1. The summed E-state index contributed by atoms with van der Waals surface area (Å²) in [5, 5.41) is 12.4. The lowest BCUT2D eigenvalue weighted by molar-refractivity contribution is -0.122. The minimum Gasteiger partial charge on any atom is -0.383 e. The molecule has 0 aliphatic carbocycles. The van der Waals surface area contributed by atoms with Gasteiger partial charge in [0.25, 0.3) is 0 Å². The number of carbonyl (C=O) groups excluding carboxylic acids is 1. The normalized spacial score (nSPS) is 12.1. The molecule has 1 atom stereocenters. The van der Waals surface area contributed by atoms with Crippen LogP contribution in [0, 0.1) is 0 Å². The summed E-state index contributed by atoms with van der Waals surface area (Å²) in [7, 11) is 1.67. The number of nitrogens with zero attached hydrogens (tertiary/aromatic N) is 4. The summed E-state index contributed by atoms with van der Waals surface area (Å²) in [4.78, 5) is 22.0. The molecule has 0 radical (unpaired) electrons. The Morgan fingerprint density at radius 3 is 2.71 bits per heavy atom. The zero-order valence-corrected chi connectivity index (χ0v) is 19.1. The molecule has 0 bridgehead atoms. The van der Waals surface area contributed by atoms with Gasteiger partial charge in [-0.2, -0.15) is 5.10 Å². The number of hydrogen-bond donors (Lipinski definition) is 2. The van der Waals surface area contributed by atoms with Gasteiger partial charge in [-0.1, -0.05) is 55.9 Å².